The molecule has 0 bridgehead atoms. The van der Waals surface area contributed by atoms with Gasteiger partial charge in [-0.3, -0.25) is 4.79 Å². The zero-order valence-electron chi connectivity index (χ0n) is 12.8. The number of amides is 1. The normalized spacial score (nSPS) is 20.0. The first kappa shape index (κ1) is 14.1. The summed E-state index contributed by atoms with van der Waals surface area (Å²) < 4.78 is 0. The van der Waals surface area contributed by atoms with E-state index in [1.807, 2.05) is 49.9 Å². The molecule has 1 aromatic carbocycles. The second-order valence-electron chi connectivity index (χ2n) is 6.65. The lowest BCUT2D eigenvalue weighted by Crippen LogP contribution is -2.51. The Labute approximate surface area is 124 Å². The minimum Gasteiger partial charge on any atom is -0.341 e. The smallest absolute Gasteiger partial charge is 0.228 e. The van der Waals surface area contributed by atoms with Crippen LogP contribution in [0.25, 0.3) is 11.0 Å². The third-order valence-electron chi connectivity index (χ3n) is 3.84. The van der Waals surface area contributed by atoms with E-state index in [9.17, 15) is 4.79 Å². The third-order valence-corrected chi connectivity index (χ3v) is 3.84. The number of nitrogens with zero attached hydrogens (tertiary/aromatic N) is 2. The van der Waals surface area contributed by atoms with Crippen molar-refractivity contribution in [2.45, 2.75) is 26.8 Å². The van der Waals surface area contributed by atoms with Gasteiger partial charge in [0, 0.05) is 25.0 Å². The molecule has 0 saturated carbocycles. The molecule has 2 N–H and O–H groups in total. The van der Waals surface area contributed by atoms with Crippen molar-refractivity contribution in [3.63, 3.8) is 0 Å². The lowest BCUT2D eigenvalue weighted by molar-refractivity contribution is -0.140. The van der Waals surface area contributed by atoms with Crippen LogP contribution in [-0.2, 0) is 4.79 Å². The van der Waals surface area contributed by atoms with Crippen LogP contribution in [0.1, 0.15) is 32.6 Å². The molecule has 0 spiro atoms. The summed E-state index contributed by atoms with van der Waals surface area (Å²) in [6, 6.07) is 8.06. The molecule has 1 amide bonds. The molecule has 1 aromatic heterocycles. The molecule has 0 aliphatic carbocycles. The Morgan fingerprint density at radius 2 is 2.10 bits per heavy atom. The third kappa shape index (κ3) is 2.78. The van der Waals surface area contributed by atoms with Crippen molar-refractivity contribution in [3.05, 3.63) is 30.1 Å². The van der Waals surface area contributed by atoms with Gasteiger partial charge in [0.2, 0.25) is 5.91 Å². The maximum absolute atomic E-state index is 12.4. The van der Waals surface area contributed by atoms with Crippen LogP contribution in [0, 0.1) is 5.41 Å². The van der Waals surface area contributed by atoms with E-state index >= 15 is 0 Å². The van der Waals surface area contributed by atoms with E-state index in [0.29, 0.717) is 6.54 Å². The number of hydrogen-bond donors (Lipinski definition) is 2. The van der Waals surface area contributed by atoms with Gasteiger partial charge in [0.05, 0.1) is 17.1 Å². The summed E-state index contributed by atoms with van der Waals surface area (Å²) in [5.41, 5.74) is 1.66. The van der Waals surface area contributed by atoms with E-state index in [1.165, 1.54) is 0 Å². The first-order valence-corrected chi connectivity index (χ1v) is 7.42. The second kappa shape index (κ2) is 5.15. The standard InChI is InChI=1S/C16H22N4O/c1-16(2,3)15(21)20-9-8-17-13(10-20)14-18-11-6-4-5-7-12(11)19-14/h4-7,13,17H,8-10H2,1-3H3,(H,18,19). The molecule has 1 aliphatic rings. The van der Waals surface area contributed by atoms with Crippen molar-refractivity contribution in [3.8, 4) is 0 Å². The number of imidazole rings is 1. The number of carbonyl (C=O) groups excluding carboxylic acids is 1. The zero-order valence-corrected chi connectivity index (χ0v) is 12.8. The predicted octanol–water partition coefficient (Wildman–Crippen LogP) is 2.08. The molecule has 1 atom stereocenters. The maximum atomic E-state index is 12.4. The second-order valence-corrected chi connectivity index (χ2v) is 6.65. The van der Waals surface area contributed by atoms with Crippen molar-refractivity contribution in [1.82, 2.24) is 20.2 Å². The van der Waals surface area contributed by atoms with E-state index < -0.39 is 0 Å². The molecule has 5 nitrogen and oxygen atoms in total. The van der Waals surface area contributed by atoms with Crippen molar-refractivity contribution >= 4 is 16.9 Å². The zero-order chi connectivity index (χ0) is 15.0. The highest BCUT2D eigenvalue weighted by Crippen LogP contribution is 2.23. The molecule has 5 heteroatoms. The topological polar surface area (TPSA) is 61.0 Å². The number of benzene rings is 1. The van der Waals surface area contributed by atoms with E-state index in [0.717, 1.165) is 29.9 Å². The Morgan fingerprint density at radius 3 is 2.81 bits per heavy atom. The highest BCUT2D eigenvalue weighted by atomic mass is 16.2. The summed E-state index contributed by atoms with van der Waals surface area (Å²) in [5, 5.41) is 3.45. The maximum Gasteiger partial charge on any atom is 0.228 e. The molecule has 21 heavy (non-hydrogen) atoms. The van der Waals surface area contributed by atoms with Gasteiger partial charge in [-0.1, -0.05) is 32.9 Å². The Kier molecular flexibility index (Phi) is 3.45. The lowest BCUT2D eigenvalue weighted by atomic mass is 9.94. The van der Waals surface area contributed by atoms with E-state index in [4.69, 9.17) is 0 Å². The summed E-state index contributed by atoms with van der Waals surface area (Å²) in [6.07, 6.45) is 0. The van der Waals surface area contributed by atoms with Gasteiger partial charge in [-0.2, -0.15) is 0 Å². The van der Waals surface area contributed by atoms with Crippen LogP contribution in [0.4, 0.5) is 0 Å². The van der Waals surface area contributed by atoms with Gasteiger partial charge >= 0.3 is 0 Å². The summed E-state index contributed by atoms with van der Waals surface area (Å²) in [7, 11) is 0. The molecule has 112 valence electrons. The highest BCUT2D eigenvalue weighted by Gasteiger charge is 2.32. The molecule has 1 saturated heterocycles. The molecular weight excluding hydrogens is 264 g/mol. The number of hydrogen-bond acceptors (Lipinski definition) is 3. The van der Waals surface area contributed by atoms with Gasteiger partial charge < -0.3 is 15.2 Å². The monoisotopic (exact) mass is 286 g/mol. The molecule has 1 aliphatic heterocycles. The van der Waals surface area contributed by atoms with E-state index in [-0.39, 0.29) is 17.4 Å². The minimum absolute atomic E-state index is 0.0671. The number of piperazine rings is 1. The van der Waals surface area contributed by atoms with Crippen molar-refractivity contribution in [2.24, 2.45) is 5.41 Å². The fourth-order valence-corrected chi connectivity index (χ4v) is 2.73. The molecule has 2 aromatic rings. The SMILES string of the molecule is CC(C)(C)C(=O)N1CCNC(c2nc3ccccc3[nH]2)C1. The quantitative estimate of drug-likeness (QED) is 0.844. The van der Waals surface area contributed by atoms with Crippen LogP contribution in [0.2, 0.25) is 0 Å². The van der Waals surface area contributed by atoms with Crippen molar-refractivity contribution in [1.29, 1.82) is 0 Å². The van der Waals surface area contributed by atoms with Gasteiger partial charge in [-0.05, 0) is 12.1 Å². The predicted molar refractivity (Wildman–Crippen MR) is 82.9 cm³/mol. The van der Waals surface area contributed by atoms with Crippen LogP contribution in [0.3, 0.4) is 0 Å². The number of para-hydroxylation sites is 2. The van der Waals surface area contributed by atoms with Gasteiger partial charge in [-0.25, -0.2) is 4.98 Å². The highest BCUT2D eigenvalue weighted by molar-refractivity contribution is 5.81. The van der Waals surface area contributed by atoms with Crippen LogP contribution in [0.15, 0.2) is 24.3 Å². The van der Waals surface area contributed by atoms with Gasteiger partial charge in [0.25, 0.3) is 0 Å². The fourth-order valence-electron chi connectivity index (χ4n) is 2.73. The number of carbonyl (C=O) groups is 1. The molecule has 2 heterocycles. The minimum atomic E-state index is -0.338. The number of fused-ring (bicyclic) bond motifs is 1. The van der Waals surface area contributed by atoms with E-state index in [1.54, 1.807) is 0 Å². The average Bonchev–Trinajstić information content (AvgIpc) is 2.89. The summed E-state index contributed by atoms with van der Waals surface area (Å²) in [6.45, 7) is 8.11. The largest absolute Gasteiger partial charge is 0.341 e. The van der Waals surface area contributed by atoms with Gasteiger partial charge in [0.15, 0.2) is 0 Å². The summed E-state index contributed by atoms with van der Waals surface area (Å²) in [5.74, 6) is 1.10. The van der Waals surface area contributed by atoms with Crippen LogP contribution < -0.4 is 5.32 Å². The molecular formula is C16H22N4O. The average molecular weight is 286 g/mol. The Bertz CT molecular complexity index is 623. The number of H-pyrrole nitrogens is 1. The Balaban J connectivity index is 1.81. The molecule has 1 fully saturated rings. The molecule has 1 unspecified atom stereocenters. The molecule has 3 rings (SSSR count). The summed E-state index contributed by atoms with van der Waals surface area (Å²) in [4.78, 5) is 22.4. The first-order chi connectivity index (χ1) is 9.95. The van der Waals surface area contributed by atoms with Crippen molar-refractivity contribution < 1.29 is 4.79 Å². The lowest BCUT2D eigenvalue weighted by Gasteiger charge is -2.36. The van der Waals surface area contributed by atoms with Gasteiger partial charge in [-0.15, -0.1) is 0 Å². The summed E-state index contributed by atoms with van der Waals surface area (Å²) >= 11 is 0. The Morgan fingerprint density at radius 1 is 1.33 bits per heavy atom. The fraction of sp³-hybridized carbons (Fsp3) is 0.500. The van der Waals surface area contributed by atoms with E-state index in [2.05, 4.69) is 15.3 Å². The van der Waals surface area contributed by atoms with Crippen molar-refractivity contribution in [2.75, 3.05) is 19.6 Å². The van der Waals surface area contributed by atoms with Gasteiger partial charge in [0.1, 0.15) is 5.82 Å². The van der Waals surface area contributed by atoms with Crippen LogP contribution >= 0.6 is 0 Å². The number of aromatic nitrogens is 2. The number of aromatic amines is 1. The number of nitrogens with one attached hydrogen (secondary N) is 2. The first-order valence-electron chi connectivity index (χ1n) is 7.42. The van der Waals surface area contributed by atoms with Crippen LogP contribution in [0.5, 0.6) is 0 Å². The van der Waals surface area contributed by atoms with Crippen LogP contribution in [-0.4, -0.2) is 40.4 Å². The molecule has 0 radical (unpaired) electrons. The Hall–Kier alpha value is -1.88. The number of rotatable bonds is 1.